The number of rotatable bonds is 21. The van der Waals surface area contributed by atoms with Gasteiger partial charge in [-0.15, -0.1) is 0 Å². The summed E-state index contributed by atoms with van der Waals surface area (Å²) in [7, 11) is 1.61. The van der Waals surface area contributed by atoms with Gasteiger partial charge in [-0.1, -0.05) is 97.1 Å². The van der Waals surface area contributed by atoms with Gasteiger partial charge in [0.2, 0.25) is 17.7 Å². The van der Waals surface area contributed by atoms with E-state index in [1.54, 1.807) is 12.6 Å². The predicted octanol–water partition coefficient (Wildman–Crippen LogP) is 7.26. The van der Waals surface area contributed by atoms with Crippen molar-refractivity contribution in [2.45, 2.75) is 57.8 Å². The topological polar surface area (TPSA) is 151 Å². The number of hydrogen-bond acceptors (Lipinski definition) is 7. The molecule has 5 aromatic carbocycles. The highest BCUT2D eigenvalue weighted by molar-refractivity contribution is 5.91. The number of fused-ring (bicyclic) bond motifs is 1. The Morgan fingerprint density at radius 1 is 0.707 bits per heavy atom. The molecule has 58 heavy (non-hydrogen) atoms. The quantitative estimate of drug-likeness (QED) is 0.0381. The molecule has 0 aliphatic rings. The fourth-order valence-corrected chi connectivity index (χ4v) is 6.82. The first-order valence-corrected chi connectivity index (χ1v) is 19.5. The second-order valence-electron chi connectivity index (χ2n) is 14.2. The Hall–Kier alpha value is -6.59. The molecule has 1 heterocycles. The third-order valence-electron chi connectivity index (χ3n) is 10.0. The van der Waals surface area contributed by atoms with E-state index in [1.807, 2.05) is 134 Å². The van der Waals surface area contributed by atoms with Crippen LogP contribution in [0.1, 0.15) is 47.1 Å². The Bertz CT molecular complexity index is 2230. The largest absolute Gasteiger partial charge is 0.497 e. The van der Waals surface area contributed by atoms with E-state index < -0.39 is 23.8 Å². The molecule has 2 atom stereocenters. The Balaban J connectivity index is 1.14. The van der Waals surface area contributed by atoms with Crippen molar-refractivity contribution in [3.63, 3.8) is 0 Å². The van der Waals surface area contributed by atoms with Gasteiger partial charge < -0.3 is 29.8 Å². The standard InChI is InChI=1S/C47H50N4O7/c1-56-39-22-19-33(20-23-39)15-10-16-37(29-45(52)51-55)46(53)50-42(28-38-30-49-41-18-9-8-17-40(38)41)47(54)48-26-25-34-21-24-43(57-31-35-11-4-2-5-12-35)44(27-34)58-32-36-13-6-3-7-14-36/h2-9,11-14,17-24,27,30,37,42,49,55H,10,15-16,25-26,28-29,31-32H2,1H3,(H,48,54)(H,50,53)(H,51,52)/t37-,42+/m0/s1. The van der Waals surface area contributed by atoms with Crippen molar-refractivity contribution in [3.8, 4) is 17.2 Å². The van der Waals surface area contributed by atoms with Gasteiger partial charge in [-0.05, 0) is 83.8 Å². The van der Waals surface area contributed by atoms with Crippen molar-refractivity contribution < 1.29 is 33.8 Å². The molecule has 6 rings (SSSR count). The Morgan fingerprint density at radius 3 is 2.05 bits per heavy atom. The number of para-hydroxylation sites is 1. The van der Waals surface area contributed by atoms with E-state index in [9.17, 15) is 19.6 Å². The summed E-state index contributed by atoms with van der Waals surface area (Å²) in [6.45, 7) is 1.04. The first-order chi connectivity index (χ1) is 28.4. The molecular formula is C47H50N4O7. The number of methoxy groups -OCH3 is 1. The minimum Gasteiger partial charge on any atom is -0.497 e. The number of hydrogen-bond donors (Lipinski definition) is 5. The maximum atomic E-state index is 14.0. The van der Waals surface area contributed by atoms with Crippen molar-refractivity contribution in [3.05, 3.63) is 161 Å². The molecule has 11 nitrogen and oxygen atoms in total. The van der Waals surface area contributed by atoms with Crippen LogP contribution >= 0.6 is 0 Å². The summed E-state index contributed by atoms with van der Waals surface area (Å²) in [5.41, 5.74) is 7.49. The van der Waals surface area contributed by atoms with Crippen LogP contribution in [0, 0.1) is 5.92 Å². The molecule has 0 bridgehead atoms. The number of nitrogens with one attached hydrogen (secondary N) is 4. The molecule has 0 aliphatic carbocycles. The van der Waals surface area contributed by atoms with Crippen LogP contribution in [0.4, 0.5) is 0 Å². The number of amides is 3. The van der Waals surface area contributed by atoms with Crippen molar-refractivity contribution in [2.24, 2.45) is 5.92 Å². The predicted molar refractivity (Wildman–Crippen MR) is 223 cm³/mol. The molecule has 0 spiro atoms. The van der Waals surface area contributed by atoms with E-state index in [4.69, 9.17) is 14.2 Å². The fourth-order valence-electron chi connectivity index (χ4n) is 6.82. The second-order valence-corrected chi connectivity index (χ2v) is 14.2. The lowest BCUT2D eigenvalue weighted by Gasteiger charge is -2.22. The smallest absolute Gasteiger partial charge is 0.244 e. The van der Waals surface area contributed by atoms with Crippen LogP contribution in [0.15, 0.2) is 134 Å². The molecule has 6 aromatic rings. The molecule has 0 saturated carbocycles. The third kappa shape index (κ3) is 12.0. The SMILES string of the molecule is COc1ccc(CCC[C@@H](CC(=O)NO)C(=O)N[C@H](Cc2c[nH]c3ccccc23)C(=O)NCCc2ccc(OCc3ccccc3)c(OCc3ccccc3)c2)cc1. The van der Waals surface area contributed by atoms with E-state index in [0.717, 1.165) is 44.5 Å². The van der Waals surface area contributed by atoms with Gasteiger partial charge in [0, 0.05) is 42.4 Å². The molecule has 0 fully saturated rings. The van der Waals surface area contributed by atoms with E-state index in [-0.39, 0.29) is 18.7 Å². The average Bonchev–Trinajstić information content (AvgIpc) is 3.67. The van der Waals surface area contributed by atoms with Crippen molar-refractivity contribution >= 4 is 28.6 Å². The van der Waals surface area contributed by atoms with E-state index >= 15 is 0 Å². The van der Waals surface area contributed by atoms with Crippen LogP contribution in [-0.2, 0) is 46.9 Å². The zero-order valence-corrected chi connectivity index (χ0v) is 32.6. The maximum Gasteiger partial charge on any atom is 0.244 e. The summed E-state index contributed by atoms with van der Waals surface area (Å²) in [4.78, 5) is 43.5. The highest BCUT2D eigenvalue weighted by Gasteiger charge is 2.28. The number of carbonyl (C=O) groups excluding carboxylic acids is 3. The van der Waals surface area contributed by atoms with Crippen molar-refractivity contribution in [2.75, 3.05) is 13.7 Å². The Kier molecular flexibility index (Phi) is 14.9. The molecular weight excluding hydrogens is 733 g/mol. The number of aromatic amines is 1. The first-order valence-electron chi connectivity index (χ1n) is 19.5. The lowest BCUT2D eigenvalue weighted by atomic mass is 9.94. The van der Waals surface area contributed by atoms with Crippen LogP contribution in [-0.4, -0.2) is 47.6 Å². The van der Waals surface area contributed by atoms with Gasteiger partial charge in [-0.3, -0.25) is 19.6 Å². The van der Waals surface area contributed by atoms with Crippen LogP contribution in [0.25, 0.3) is 10.9 Å². The molecule has 1 aromatic heterocycles. The first kappa shape index (κ1) is 41.1. The normalized spacial score (nSPS) is 12.0. The van der Waals surface area contributed by atoms with Crippen LogP contribution in [0.2, 0.25) is 0 Å². The Morgan fingerprint density at radius 2 is 1.36 bits per heavy atom. The van der Waals surface area contributed by atoms with Crippen LogP contribution in [0.3, 0.4) is 0 Å². The average molecular weight is 783 g/mol. The van der Waals surface area contributed by atoms with Gasteiger partial charge in [0.05, 0.1) is 7.11 Å². The number of ether oxygens (including phenoxy) is 3. The summed E-state index contributed by atoms with van der Waals surface area (Å²) in [5, 5.41) is 16.3. The number of hydroxylamine groups is 1. The van der Waals surface area contributed by atoms with E-state index in [2.05, 4.69) is 15.6 Å². The Labute approximate surface area is 338 Å². The number of carbonyl (C=O) groups is 3. The number of H-pyrrole nitrogens is 1. The highest BCUT2D eigenvalue weighted by atomic mass is 16.5. The van der Waals surface area contributed by atoms with Crippen molar-refractivity contribution in [1.29, 1.82) is 0 Å². The lowest BCUT2D eigenvalue weighted by molar-refractivity contribution is -0.136. The molecule has 11 heteroatoms. The van der Waals surface area contributed by atoms with Crippen LogP contribution < -0.4 is 30.3 Å². The van der Waals surface area contributed by atoms with Gasteiger partial charge in [0.25, 0.3) is 0 Å². The van der Waals surface area contributed by atoms with Crippen molar-refractivity contribution in [1.82, 2.24) is 21.1 Å². The number of benzene rings is 5. The molecule has 300 valence electrons. The minimum absolute atomic E-state index is 0.220. The maximum absolute atomic E-state index is 14.0. The second kappa shape index (κ2) is 21.1. The van der Waals surface area contributed by atoms with E-state index in [0.29, 0.717) is 56.9 Å². The molecule has 5 N–H and O–H groups in total. The minimum atomic E-state index is -0.938. The van der Waals surface area contributed by atoms with Gasteiger partial charge >= 0.3 is 0 Å². The fraction of sp³-hybridized carbons (Fsp3) is 0.255. The third-order valence-corrected chi connectivity index (χ3v) is 10.0. The summed E-state index contributed by atoms with van der Waals surface area (Å²) in [5.74, 6) is -0.290. The van der Waals surface area contributed by atoms with Gasteiger partial charge in [0.1, 0.15) is 25.0 Å². The molecule has 0 aliphatic heterocycles. The lowest BCUT2D eigenvalue weighted by Crippen LogP contribution is -2.50. The van der Waals surface area contributed by atoms with E-state index in [1.165, 1.54) is 0 Å². The molecule has 3 amide bonds. The number of aryl methyl sites for hydroxylation is 1. The van der Waals surface area contributed by atoms with Crippen LogP contribution in [0.5, 0.6) is 17.2 Å². The summed E-state index contributed by atoms with van der Waals surface area (Å²) >= 11 is 0. The zero-order valence-electron chi connectivity index (χ0n) is 32.6. The zero-order chi connectivity index (χ0) is 40.5. The van der Waals surface area contributed by atoms with Gasteiger partial charge in [0.15, 0.2) is 11.5 Å². The molecule has 0 radical (unpaired) electrons. The van der Waals surface area contributed by atoms with Gasteiger partial charge in [-0.2, -0.15) is 0 Å². The molecule has 0 saturated heterocycles. The van der Waals surface area contributed by atoms with Gasteiger partial charge in [-0.25, -0.2) is 5.48 Å². The summed E-state index contributed by atoms with van der Waals surface area (Å²) < 4.78 is 17.7. The number of aromatic nitrogens is 1. The molecule has 0 unspecified atom stereocenters. The summed E-state index contributed by atoms with van der Waals surface area (Å²) in [6.07, 6.45) is 3.98. The monoisotopic (exact) mass is 782 g/mol. The summed E-state index contributed by atoms with van der Waals surface area (Å²) in [6, 6.07) is 40.1. The highest BCUT2D eigenvalue weighted by Crippen LogP contribution is 2.30.